The normalized spacial score (nSPS) is 16.2. The molecule has 1 aliphatic rings. The van der Waals surface area contributed by atoms with Gasteiger partial charge in [-0.1, -0.05) is 0 Å². The second-order valence-electron chi connectivity index (χ2n) is 4.57. The first-order chi connectivity index (χ1) is 9.47. The van der Waals surface area contributed by atoms with Crippen LogP contribution in [0.1, 0.15) is 25.5 Å². The van der Waals surface area contributed by atoms with Gasteiger partial charge in [0.15, 0.2) is 5.13 Å². The summed E-state index contributed by atoms with van der Waals surface area (Å²) >= 11 is 1.32. The van der Waals surface area contributed by atoms with Gasteiger partial charge in [0.25, 0.3) is 0 Å². The van der Waals surface area contributed by atoms with E-state index in [2.05, 4.69) is 10.3 Å². The van der Waals surface area contributed by atoms with E-state index < -0.39 is 17.9 Å². The fourth-order valence-corrected chi connectivity index (χ4v) is 2.74. The second kappa shape index (κ2) is 6.00. The highest BCUT2D eigenvalue weighted by Crippen LogP contribution is 2.25. The third-order valence-corrected chi connectivity index (χ3v) is 3.85. The maximum Gasteiger partial charge on any atom is 0.325 e. The van der Waals surface area contributed by atoms with E-state index in [1.165, 1.54) is 18.3 Å². The van der Waals surface area contributed by atoms with Gasteiger partial charge in [-0.05, 0) is 13.3 Å². The van der Waals surface area contributed by atoms with Gasteiger partial charge in [-0.2, -0.15) is 0 Å². The molecule has 2 rings (SSSR count). The molecule has 0 aliphatic carbocycles. The molecule has 1 fully saturated rings. The molecule has 0 bridgehead atoms. The smallest absolute Gasteiger partial charge is 0.325 e. The average Bonchev–Trinajstić information content (AvgIpc) is 2.97. The molecule has 0 spiro atoms. The third kappa shape index (κ3) is 3.32. The first-order valence-electron chi connectivity index (χ1n) is 6.24. The number of hydrogen-bond donors (Lipinski definition) is 2. The van der Waals surface area contributed by atoms with Crippen molar-refractivity contribution in [3.8, 4) is 0 Å². The minimum atomic E-state index is -1.08. The summed E-state index contributed by atoms with van der Waals surface area (Å²) in [5.74, 6) is -1.43. The number of anilines is 1. The maximum absolute atomic E-state index is 11.6. The van der Waals surface area contributed by atoms with E-state index in [0.717, 1.165) is 6.42 Å². The molecule has 0 saturated carbocycles. The monoisotopic (exact) mass is 297 g/mol. The number of carboxylic acid groups (broad SMARTS) is 1. The number of carbonyl (C=O) groups is 3. The van der Waals surface area contributed by atoms with Gasteiger partial charge >= 0.3 is 5.97 Å². The molecule has 0 aromatic carbocycles. The topological polar surface area (TPSA) is 99.6 Å². The Kier molecular flexibility index (Phi) is 4.33. The predicted octanol–water partition coefficient (Wildman–Crippen LogP) is 0.402. The Labute approximate surface area is 119 Å². The number of carboxylic acids is 1. The lowest BCUT2D eigenvalue weighted by Gasteiger charge is -2.10. The largest absolute Gasteiger partial charge is 0.480 e. The maximum atomic E-state index is 11.6. The summed E-state index contributed by atoms with van der Waals surface area (Å²) in [5, 5.41) is 13.4. The lowest BCUT2D eigenvalue weighted by atomic mass is 10.3. The summed E-state index contributed by atoms with van der Waals surface area (Å²) in [7, 11) is 0. The SMILES string of the molecule is C[C@H](NC(=O)Cc1csc(N2CCCC2=O)n1)C(=O)O. The Morgan fingerprint density at radius 3 is 2.95 bits per heavy atom. The summed E-state index contributed by atoms with van der Waals surface area (Å²) in [6.45, 7) is 2.06. The first kappa shape index (κ1) is 14.4. The average molecular weight is 297 g/mol. The molecule has 1 saturated heterocycles. The summed E-state index contributed by atoms with van der Waals surface area (Å²) < 4.78 is 0. The van der Waals surface area contributed by atoms with Crippen LogP contribution >= 0.6 is 11.3 Å². The zero-order valence-corrected chi connectivity index (χ0v) is 11.8. The van der Waals surface area contributed by atoms with Gasteiger partial charge in [0.2, 0.25) is 11.8 Å². The number of aromatic nitrogens is 1. The fourth-order valence-electron chi connectivity index (χ4n) is 1.87. The highest BCUT2D eigenvalue weighted by molar-refractivity contribution is 7.14. The van der Waals surface area contributed by atoms with Crippen LogP contribution in [0.15, 0.2) is 5.38 Å². The van der Waals surface area contributed by atoms with Gasteiger partial charge in [-0.15, -0.1) is 11.3 Å². The highest BCUT2D eigenvalue weighted by atomic mass is 32.1. The van der Waals surface area contributed by atoms with E-state index in [9.17, 15) is 14.4 Å². The zero-order chi connectivity index (χ0) is 14.7. The molecular formula is C12H15N3O4S. The van der Waals surface area contributed by atoms with E-state index >= 15 is 0 Å². The zero-order valence-electron chi connectivity index (χ0n) is 11.0. The quantitative estimate of drug-likeness (QED) is 0.819. The molecule has 2 N–H and O–H groups in total. The van der Waals surface area contributed by atoms with Crippen LogP contribution < -0.4 is 10.2 Å². The standard InChI is InChI=1S/C12H15N3O4S/c1-7(11(18)19)13-9(16)5-8-6-20-12(14-8)15-4-2-3-10(15)17/h6-7H,2-5H2,1H3,(H,13,16)(H,18,19)/t7-/m0/s1. The molecule has 1 aromatic rings. The molecule has 8 heteroatoms. The van der Waals surface area contributed by atoms with Crippen LogP contribution in [0, 0.1) is 0 Å². The van der Waals surface area contributed by atoms with Gasteiger partial charge in [0.1, 0.15) is 6.04 Å². The Hall–Kier alpha value is -1.96. The van der Waals surface area contributed by atoms with Crippen molar-refractivity contribution in [2.24, 2.45) is 0 Å². The van der Waals surface area contributed by atoms with Crippen LogP contribution in [0.2, 0.25) is 0 Å². The molecule has 1 atom stereocenters. The Bertz CT molecular complexity index is 543. The van der Waals surface area contributed by atoms with Gasteiger partial charge in [-0.3, -0.25) is 19.3 Å². The van der Waals surface area contributed by atoms with Crippen LogP contribution in [0.3, 0.4) is 0 Å². The van der Waals surface area contributed by atoms with Crippen molar-refractivity contribution in [1.29, 1.82) is 0 Å². The minimum Gasteiger partial charge on any atom is -0.480 e. The van der Waals surface area contributed by atoms with Crippen molar-refractivity contribution in [3.05, 3.63) is 11.1 Å². The Morgan fingerprint density at radius 2 is 2.35 bits per heavy atom. The van der Waals surface area contributed by atoms with E-state index in [0.29, 0.717) is 23.8 Å². The number of amides is 2. The molecule has 1 aliphatic heterocycles. The van der Waals surface area contributed by atoms with Gasteiger partial charge < -0.3 is 10.4 Å². The number of nitrogens with zero attached hydrogens (tertiary/aromatic N) is 2. The van der Waals surface area contributed by atoms with Crippen LogP contribution in [-0.4, -0.2) is 40.5 Å². The molecule has 20 heavy (non-hydrogen) atoms. The molecule has 2 amide bonds. The number of carbonyl (C=O) groups excluding carboxylic acids is 2. The molecule has 0 radical (unpaired) electrons. The number of thiazole rings is 1. The molecule has 7 nitrogen and oxygen atoms in total. The van der Waals surface area contributed by atoms with Crippen molar-refractivity contribution in [3.63, 3.8) is 0 Å². The van der Waals surface area contributed by atoms with Gasteiger partial charge in [0.05, 0.1) is 12.1 Å². The van der Waals surface area contributed by atoms with Crippen molar-refractivity contribution >= 4 is 34.3 Å². The summed E-state index contributed by atoms with van der Waals surface area (Å²) in [5.41, 5.74) is 0.541. The summed E-state index contributed by atoms with van der Waals surface area (Å²) in [6.07, 6.45) is 1.37. The lowest BCUT2D eigenvalue weighted by molar-refractivity contribution is -0.141. The minimum absolute atomic E-state index is 0.0101. The predicted molar refractivity (Wildman–Crippen MR) is 72.6 cm³/mol. The third-order valence-electron chi connectivity index (χ3n) is 2.93. The number of aliphatic carboxylic acids is 1. The fraction of sp³-hybridized carbons (Fsp3) is 0.500. The summed E-state index contributed by atoms with van der Waals surface area (Å²) in [6, 6.07) is -0.930. The summed E-state index contributed by atoms with van der Waals surface area (Å²) in [4.78, 5) is 39.7. The van der Waals surface area contributed by atoms with Crippen LogP contribution in [0.25, 0.3) is 0 Å². The van der Waals surface area contributed by atoms with Gasteiger partial charge in [0, 0.05) is 18.3 Å². The van der Waals surface area contributed by atoms with Crippen molar-refractivity contribution in [2.75, 3.05) is 11.4 Å². The molecular weight excluding hydrogens is 282 g/mol. The van der Waals surface area contributed by atoms with Crippen LogP contribution in [0.4, 0.5) is 5.13 Å². The molecule has 108 valence electrons. The molecule has 0 unspecified atom stereocenters. The first-order valence-corrected chi connectivity index (χ1v) is 7.12. The van der Waals surface area contributed by atoms with Crippen LogP contribution in [0.5, 0.6) is 0 Å². The Balaban J connectivity index is 1.94. The number of nitrogens with one attached hydrogen (secondary N) is 1. The second-order valence-corrected chi connectivity index (χ2v) is 5.41. The lowest BCUT2D eigenvalue weighted by Crippen LogP contribution is -2.39. The van der Waals surface area contributed by atoms with Crippen LogP contribution in [-0.2, 0) is 20.8 Å². The van der Waals surface area contributed by atoms with Crippen molar-refractivity contribution < 1.29 is 19.5 Å². The van der Waals surface area contributed by atoms with Crippen molar-refractivity contribution in [1.82, 2.24) is 10.3 Å². The van der Waals surface area contributed by atoms with Crippen molar-refractivity contribution in [2.45, 2.75) is 32.2 Å². The van der Waals surface area contributed by atoms with E-state index in [4.69, 9.17) is 5.11 Å². The number of hydrogen-bond acceptors (Lipinski definition) is 5. The van der Waals surface area contributed by atoms with Gasteiger partial charge in [-0.25, -0.2) is 4.98 Å². The van der Waals surface area contributed by atoms with E-state index in [1.807, 2.05) is 0 Å². The van der Waals surface area contributed by atoms with E-state index in [-0.39, 0.29) is 12.3 Å². The van der Waals surface area contributed by atoms with E-state index in [1.54, 1.807) is 10.3 Å². The molecule has 2 heterocycles. The highest BCUT2D eigenvalue weighted by Gasteiger charge is 2.24. The number of rotatable bonds is 5. The Morgan fingerprint density at radius 1 is 1.60 bits per heavy atom. The molecule has 1 aromatic heterocycles.